The van der Waals surface area contributed by atoms with Gasteiger partial charge in [0.25, 0.3) is 0 Å². The molecule has 0 heterocycles. The Labute approximate surface area is 172 Å². The summed E-state index contributed by atoms with van der Waals surface area (Å²) in [6.45, 7) is 4.26. The number of benzene rings is 2. The normalized spacial score (nSPS) is 11.9. The first-order chi connectivity index (χ1) is 13.9. The SMILES string of the molecule is COC(=O)CCCCNC(=O)C(NC(=O)Cc1ccc2ccccc2c1)C(C)C. The molecule has 0 aliphatic carbocycles. The Morgan fingerprint density at radius 3 is 2.41 bits per heavy atom. The standard InChI is InChI=1S/C23H30N2O4/c1-16(2)22(23(28)24-13-7-6-10-21(27)29-3)25-20(26)15-17-11-12-18-8-4-5-9-19(18)14-17/h4-5,8-9,11-12,14,16,22H,6-7,10,13,15H2,1-3H3,(H,24,28)(H,25,26). The Hall–Kier alpha value is -2.89. The Bertz CT molecular complexity index is 848. The van der Waals surface area contributed by atoms with Crippen molar-refractivity contribution in [3.05, 3.63) is 48.0 Å². The third kappa shape index (κ3) is 7.22. The van der Waals surface area contributed by atoms with Gasteiger partial charge in [-0.1, -0.05) is 56.3 Å². The van der Waals surface area contributed by atoms with Crippen LogP contribution in [0, 0.1) is 5.92 Å². The zero-order valence-electron chi connectivity index (χ0n) is 17.4. The van der Waals surface area contributed by atoms with Crippen LogP contribution in [-0.2, 0) is 25.5 Å². The van der Waals surface area contributed by atoms with Crippen LogP contribution in [0.4, 0.5) is 0 Å². The Morgan fingerprint density at radius 2 is 1.72 bits per heavy atom. The molecule has 0 saturated heterocycles. The van der Waals surface area contributed by atoms with Gasteiger partial charge in [-0.05, 0) is 35.1 Å². The Kier molecular flexibility index (Phi) is 8.65. The van der Waals surface area contributed by atoms with Gasteiger partial charge in [-0.25, -0.2) is 0 Å². The molecule has 29 heavy (non-hydrogen) atoms. The van der Waals surface area contributed by atoms with Gasteiger partial charge in [-0.2, -0.15) is 0 Å². The number of hydrogen-bond donors (Lipinski definition) is 2. The number of nitrogens with one attached hydrogen (secondary N) is 2. The maximum absolute atomic E-state index is 12.5. The molecule has 0 fully saturated rings. The van der Waals surface area contributed by atoms with Crippen molar-refractivity contribution >= 4 is 28.6 Å². The summed E-state index contributed by atoms with van der Waals surface area (Å²) in [6, 6.07) is 13.3. The number of fused-ring (bicyclic) bond motifs is 1. The molecule has 6 heteroatoms. The predicted molar refractivity (Wildman–Crippen MR) is 113 cm³/mol. The van der Waals surface area contributed by atoms with Crippen LogP contribution in [0.15, 0.2) is 42.5 Å². The number of methoxy groups -OCH3 is 1. The van der Waals surface area contributed by atoms with Crippen molar-refractivity contribution in [3.8, 4) is 0 Å². The molecule has 1 atom stereocenters. The first kappa shape index (κ1) is 22.4. The summed E-state index contributed by atoms with van der Waals surface area (Å²) in [5.74, 6) is -0.673. The molecule has 0 saturated carbocycles. The molecular formula is C23H30N2O4. The highest BCUT2D eigenvalue weighted by molar-refractivity contribution is 5.89. The number of esters is 1. The molecule has 2 aromatic carbocycles. The smallest absolute Gasteiger partial charge is 0.305 e. The highest BCUT2D eigenvalue weighted by atomic mass is 16.5. The second-order valence-corrected chi connectivity index (χ2v) is 7.47. The minimum atomic E-state index is -0.594. The number of carbonyl (C=O) groups is 3. The lowest BCUT2D eigenvalue weighted by atomic mass is 10.0. The van der Waals surface area contributed by atoms with Gasteiger partial charge >= 0.3 is 5.97 Å². The van der Waals surface area contributed by atoms with Crippen LogP contribution >= 0.6 is 0 Å². The van der Waals surface area contributed by atoms with Crippen LogP contribution in [0.1, 0.15) is 38.7 Å². The van der Waals surface area contributed by atoms with Gasteiger partial charge in [-0.3, -0.25) is 14.4 Å². The predicted octanol–water partition coefficient (Wildman–Crippen LogP) is 2.98. The fourth-order valence-electron chi connectivity index (χ4n) is 3.11. The maximum atomic E-state index is 12.5. The van der Waals surface area contributed by atoms with Crippen molar-refractivity contribution < 1.29 is 19.1 Å². The average molecular weight is 399 g/mol. The molecule has 156 valence electrons. The lowest BCUT2D eigenvalue weighted by molar-refractivity contribution is -0.140. The highest BCUT2D eigenvalue weighted by Gasteiger charge is 2.23. The monoisotopic (exact) mass is 398 g/mol. The Morgan fingerprint density at radius 1 is 1.00 bits per heavy atom. The summed E-state index contributed by atoms with van der Waals surface area (Å²) >= 11 is 0. The van der Waals surface area contributed by atoms with Crippen LogP contribution in [0.5, 0.6) is 0 Å². The molecule has 0 aromatic heterocycles. The first-order valence-corrected chi connectivity index (χ1v) is 10.0. The molecule has 0 aliphatic heterocycles. The van der Waals surface area contributed by atoms with Crippen molar-refractivity contribution in [1.82, 2.24) is 10.6 Å². The van der Waals surface area contributed by atoms with E-state index in [9.17, 15) is 14.4 Å². The van der Waals surface area contributed by atoms with Gasteiger partial charge in [0.2, 0.25) is 11.8 Å². The van der Waals surface area contributed by atoms with E-state index in [1.807, 2.05) is 56.3 Å². The van der Waals surface area contributed by atoms with Crippen molar-refractivity contribution in [2.45, 2.75) is 45.6 Å². The summed E-state index contributed by atoms with van der Waals surface area (Å²) in [5.41, 5.74) is 0.909. The maximum Gasteiger partial charge on any atom is 0.305 e. The van der Waals surface area contributed by atoms with Gasteiger partial charge in [0.05, 0.1) is 13.5 Å². The second kappa shape index (κ2) is 11.2. The summed E-state index contributed by atoms with van der Waals surface area (Å²) < 4.78 is 4.59. The summed E-state index contributed by atoms with van der Waals surface area (Å²) in [6.07, 6.45) is 1.88. The molecule has 2 N–H and O–H groups in total. The molecular weight excluding hydrogens is 368 g/mol. The van der Waals surface area contributed by atoms with E-state index in [0.717, 1.165) is 16.3 Å². The fourth-order valence-corrected chi connectivity index (χ4v) is 3.11. The molecule has 2 amide bonds. The molecule has 2 rings (SSSR count). The molecule has 0 bridgehead atoms. The lowest BCUT2D eigenvalue weighted by Crippen LogP contribution is -2.50. The highest BCUT2D eigenvalue weighted by Crippen LogP contribution is 2.16. The van der Waals surface area contributed by atoms with E-state index in [-0.39, 0.29) is 30.1 Å². The van der Waals surface area contributed by atoms with Crippen LogP contribution in [0.25, 0.3) is 10.8 Å². The lowest BCUT2D eigenvalue weighted by Gasteiger charge is -2.22. The first-order valence-electron chi connectivity index (χ1n) is 10.0. The zero-order valence-corrected chi connectivity index (χ0v) is 17.4. The summed E-state index contributed by atoms with van der Waals surface area (Å²) in [7, 11) is 1.36. The van der Waals surface area contributed by atoms with Gasteiger partial charge in [0.15, 0.2) is 0 Å². The number of rotatable bonds is 10. The van der Waals surface area contributed by atoms with E-state index in [1.54, 1.807) is 0 Å². The zero-order chi connectivity index (χ0) is 21.2. The third-order valence-electron chi connectivity index (χ3n) is 4.78. The van der Waals surface area contributed by atoms with Gasteiger partial charge < -0.3 is 15.4 Å². The van der Waals surface area contributed by atoms with Crippen molar-refractivity contribution in [3.63, 3.8) is 0 Å². The van der Waals surface area contributed by atoms with Crippen molar-refractivity contribution in [2.75, 3.05) is 13.7 Å². The largest absolute Gasteiger partial charge is 0.469 e. The molecule has 1 unspecified atom stereocenters. The van der Waals surface area contributed by atoms with E-state index >= 15 is 0 Å². The van der Waals surface area contributed by atoms with E-state index in [1.165, 1.54) is 7.11 Å². The number of ether oxygens (including phenoxy) is 1. The van der Waals surface area contributed by atoms with Gasteiger partial charge in [0.1, 0.15) is 6.04 Å². The molecule has 0 radical (unpaired) electrons. The van der Waals surface area contributed by atoms with E-state index in [0.29, 0.717) is 25.8 Å². The average Bonchev–Trinajstić information content (AvgIpc) is 2.71. The number of amides is 2. The fraction of sp³-hybridized carbons (Fsp3) is 0.435. The molecule has 6 nitrogen and oxygen atoms in total. The molecule has 2 aromatic rings. The van der Waals surface area contributed by atoms with Crippen LogP contribution in [0.2, 0.25) is 0 Å². The van der Waals surface area contributed by atoms with E-state index in [4.69, 9.17) is 0 Å². The van der Waals surface area contributed by atoms with Crippen molar-refractivity contribution in [1.29, 1.82) is 0 Å². The number of hydrogen-bond acceptors (Lipinski definition) is 4. The minimum Gasteiger partial charge on any atom is -0.469 e. The van der Waals surface area contributed by atoms with Gasteiger partial charge in [-0.15, -0.1) is 0 Å². The van der Waals surface area contributed by atoms with Gasteiger partial charge in [0, 0.05) is 13.0 Å². The summed E-state index contributed by atoms with van der Waals surface area (Å²) in [4.78, 5) is 36.1. The molecule has 0 aliphatic rings. The Balaban J connectivity index is 1.85. The van der Waals surface area contributed by atoms with Crippen molar-refractivity contribution in [2.24, 2.45) is 5.92 Å². The van der Waals surface area contributed by atoms with E-state index in [2.05, 4.69) is 15.4 Å². The van der Waals surface area contributed by atoms with Crippen LogP contribution < -0.4 is 10.6 Å². The van der Waals surface area contributed by atoms with Crippen LogP contribution in [-0.4, -0.2) is 37.5 Å². The second-order valence-electron chi connectivity index (χ2n) is 7.47. The third-order valence-corrected chi connectivity index (χ3v) is 4.78. The number of carbonyl (C=O) groups excluding carboxylic acids is 3. The summed E-state index contributed by atoms with van der Waals surface area (Å²) in [5, 5.41) is 7.91. The topological polar surface area (TPSA) is 84.5 Å². The minimum absolute atomic E-state index is 0.0365. The number of unbranched alkanes of at least 4 members (excludes halogenated alkanes) is 1. The van der Waals surface area contributed by atoms with E-state index < -0.39 is 6.04 Å². The molecule has 0 spiro atoms. The quantitative estimate of drug-likeness (QED) is 0.476. The van der Waals surface area contributed by atoms with Crippen LogP contribution in [0.3, 0.4) is 0 Å².